The van der Waals surface area contributed by atoms with Crippen LogP contribution in [-0.4, -0.2) is 50.5 Å². The number of rotatable bonds is 10. The Morgan fingerprint density at radius 3 is 1.94 bits per heavy atom. The lowest BCUT2D eigenvalue weighted by atomic mass is 10.1. The summed E-state index contributed by atoms with van der Waals surface area (Å²) in [6.45, 7) is 5.68. The fourth-order valence-electron chi connectivity index (χ4n) is 3.04. The van der Waals surface area contributed by atoms with Crippen LogP contribution in [0, 0.1) is 5.92 Å². The van der Waals surface area contributed by atoms with Gasteiger partial charge in [0.05, 0.1) is 11.9 Å². The van der Waals surface area contributed by atoms with E-state index in [1.54, 1.807) is 43.3 Å². The number of nitrogens with zero attached hydrogens (tertiary/aromatic N) is 2. The van der Waals surface area contributed by atoms with Crippen molar-refractivity contribution < 1.29 is 18.0 Å². The second-order valence-corrected chi connectivity index (χ2v) is 11.0. The monoisotopic (exact) mass is 513 g/mol. The predicted octanol–water partition coefficient (Wildman–Crippen LogP) is 3.95. The largest absolute Gasteiger partial charge is 0.354 e. The van der Waals surface area contributed by atoms with Gasteiger partial charge in [-0.25, -0.2) is 8.42 Å². The second kappa shape index (κ2) is 11.7. The lowest BCUT2D eigenvalue weighted by Gasteiger charge is -2.31. The van der Waals surface area contributed by atoms with Crippen molar-refractivity contribution in [3.8, 4) is 0 Å². The van der Waals surface area contributed by atoms with Crippen LogP contribution < -0.4 is 9.62 Å². The van der Waals surface area contributed by atoms with E-state index >= 15 is 0 Å². The summed E-state index contributed by atoms with van der Waals surface area (Å²) in [6.07, 6.45) is 1.02. The standard InChI is InChI=1S/C23H29Cl2N3O4S/c1-16(2)13-26-23(30)17(3)27(14-18-5-7-19(24)8-6-18)22(29)15-28(33(4,31)32)21-11-9-20(25)10-12-21/h5-12,16-17H,13-15H2,1-4H3,(H,26,30)/t17-/m1/s1. The Labute approximate surface area is 205 Å². The van der Waals surface area contributed by atoms with E-state index in [9.17, 15) is 18.0 Å². The zero-order valence-corrected chi connectivity index (χ0v) is 21.4. The third-order valence-electron chi connectivity index (χ3n) is 4.91. The molecule has 1 N–H and O–H groups in total. The summed E-state index contributed by atoms with van der Waals surface area (Å²) in [7, 11) is -3.78. The van der Waals surface area contributed by atoms with Crippen LogP contribution in [0.4, 0.5) is 5.69 Å². The summed E-state index contributed by atoms with van der Waals surface area (Å²) in [4.78, 5) is 27.5. The SMILES string of the molecule is CC(C)CNC(=O)[C@@H](C)N(Cc1ccc(Cl)cc1)C(=O)CN(c1ccc(Cl)cc1)S(C)(=O)=O. The molecule has 7 nitrogen and oxygen atoms in total. The molecule has 33 heavy (non-hydrogen) atoms. The highest BCUT2D eigenvalue weighted by Crippen LogP contribution is 2.21. The van der Waals surface area contributed by atoms with E-state index in [1.165, 1.54) is 17.0 Å². The molecule has 2 aromatic carbocycles. The van der Waals surface area contributed by atoms with Gasteiger partial charge in [0.15, 0.2) is 0 Å². The molecule has 0 radical (unpaired) electrons. The van der Waals surface area contributed by atoms with E-state index in [0.29, 0.717) is 22.3 Å². The normalized spacial score (nSPS) is 12.3. The summed E-state index contributed by atoms with van der Waals surface area (Å²) < 4.78 is 26.0. The Kier molecular flexibility index (Phi) is 9.57. The third-order valence-corrected chi connectivity index (χ3v) is 6.56. The van der Waals surface area contributed by atoms with Gasteiger partial charge < -0.3 is 10.2 Å². The number of nitrogens with one attached hydrogen (secondary N) is 1. The van der Waals surface area contributed by atoms with E-state index in [4.69, 9.17) is 23.2 Å². The molecule has 0 heterocycles. The summed E-state index contributed by atoms with van der Waals surface area (Å²) in [5.74, 6) is -0.590. The van der Waals surface area contributed by atoms with Gasteiger partial charge in [-0.2, -0.15) is 0 Å². The van der Waals surface area contributed by atoms with Crippen molar-refractivity contribution in [1.29, 1.82) is 0 Å². The van der Waals surface area contributed by atoms with Gasteiger partial charge in [-0.1, -0.05) is 49.2 Å². The molecule has 0 unspecified atom stereocenters. The number of benzene rings is 2. The van der Waals surface area contributed by atoms with Crippen molar-refractivity contribution in [2.24, 2.45) is 5.92 Å². The third kappa shape index (κ3) is 8.21. The van der Waals surface area contributed by atoms with Crippen LogP contribution in [0.2, 0.25) is 10.0 Å². The molecule has 0 saturated carbocycles. The summed E-state index contributed by atoms with van der Waals surface area (Å²) in [5.41, 5.74) is 1.06. The molecule has 1 atom stereocenters. The number of carbonyl (C=O) groups excluding carboxylic acids is 2. The maximum absolute atomic E-state index is 13.4. The van der Waals surface area contributed by atoms with Crippen LogP contribution in [0.5, 0.6) is 0 Å². The first-order chi connectivity index (χ1) is 15.4. The molecule has 0 fully saturated rings. The Bertz CT molecular complexity index is 1060. The quantitative estimate of drug-likeness (QED) is 0.520. The maximum atomic E-state index is 13.4. The average Bonchev–Trinajstić information content (AvgIpc) is 2.74. The molecule has 0 aromatic heterocycles. The highest BCUT2D eigenvalue weighted by Gasteiger charge is 2.30. The highest BCUT2D eigenvalue weighted by molar-refractivity contribution is 7.92. The minimum atomic E-state index is -3.78. The fraction of sp³-hybridized carbons (Fsp3) is 0.391. The molecule has 2 aromatic rings. The Balaban J connectivity index is 2.34. The Morgan fingerprint density at radius 2 is 1.45 bits per heavy atom. The number of amides is 2. The van der Waals surface area contributed by atoms with Crippen molar-refractivity contribution in [3.63, 3.8) is 0 Å². The summed E-state index contributed by atoms with van der Waals surface area (Å²) in [6, 6.07) is 12.2. The van der Waals surface area contributed by atoms with Gasteiger partial charge in [0, 0.05) is 23.1 Å². The van der Waals surface area contributed by atoms with Crippen LogP contribution in [0.15, 0.2) is 48.5 Å². The van der Waals surface area contributed by atoms with Gasteiger partial charge in [0.25, 0.3) is 0 Å². The van der Waals surface area contributed by atoms with Crippen LogP contribution in [0.1, 0.15) is 26.3 Å². The first-order valence-electron chi connectivity index (χ1n) is 10.4. The smallest absolute Gasteiger partial charge is 0.244 e. The lowest BCUT2D eigenvalue weighted by molar-refractivity contribution is -0.139. The Morgan fingerprint density at radius 1 is 0.939 bits per heavy atom. The molecule has 0 spiro atoms. The molecular weight excluding hydrogens is 485 g/mol. The molecule has 0 aliphatic rings. The first-order valence-corrected chi connectivity index (χ1v) is 13.0. The second-order valence-electron chi connectivity index (χ2n) is 8.21. The van der Waals surface area contributed by atoms with E-state index < -0.39 is 28.5 Å². The zero-order chi connectivity index (χ0) is 24.8. The van der Waals surface area contributed by atoms with Gasteiger partial charge in [0.2, 0.25) is 21.8 Å². The summed E-state index contributed by atoms with van der Waals surface area (Å²) >= 11 is 11.9. The van der Waals surface area contributed by atoms with Gasteiger partial charge in [-0.15, -0.1) is 0 Å². The van der Waals surface area contributed by atoms with Gasteiger partial charge in [-0.3, -0.25) is 13.9 Å². The minimum Gasteiger partial charge on any atom is -0.354 e. The number of hydrogen-bond donors (Lipinski definition) is 1. The number of halogens is 2. The number of carbonyl (C=O) groups is 2. The maximum Gasteiger partial charge on any atom is 0.244 e. The number of hydrogen-bond acceptors (Lipinski definition) is 4. The van der Waals surface area contributed by atoms with Crippen LogP contribution in [0.25, 0.3) is 0 Å². The number of anilines is 1. The van der Waals surface area contributed by atoms with Crippen LogP contribution in [0.3, 0.4) is 0 Å². The molecule has 2 amide bonds. The average molecular weight is 514 g/mol. The van der Waals surface area contributed by atoms with E-state index in [-0.39, 0.29) is 18.4 Å². The molecule has 0 aliphatic carbocycles. The zero-order valence-electron chi connectivity index (χ0n) is 19.1. The Hall–Kier alpha value is -2.29. The van der Waals surface area contributed by atoms with Crippen LogP contribution in [-0.2, 0) is 26.2 Å². The van der Waals surface area contributed by atoms with Gasteiger partial charge in [-0.05, 0) is 54.8 Å². The van der Waals surface area contributed by atoms with E-state index in [0.717, 1.165) is 16.1 Å². The van der Waals surface area contributed by atoms with Gasteiger partial charge >= 0.3 is 0 Å². The van der Waals surface area contributed by atoms with E-state index in [2.05, 4.69) is 5.32 Å². The van der Waals surface area contributed by atoms with E-state index in [1.807, 2.05) is 13.8 Å². The topological polar surface area (TPSA) is 86.8 Å². The fourth-order valence-corrected chi connectivity index (χ4v) is 4.14. The molecule has 2 rings (SSSR count). The molecule has 180 valence electrons. The molecule has 0 bridgehead atoms. The summed E-state index contributed by atoms with van der Waals surface area (Å²) in [5, 5.41) is 3.82. The van der Waals surface area contributed by atoms with Crippen molar-refractivity contribution in [2.75, 3.05) is 23.7 Å². The van der Waals surface area contributed by atoms with Crippen molar-refractivity contribution >= 4 is 50.7 Å². The predicted molar refractivity (Wildman–Crippen MR) is 133 cm³/mol. The van der Waals surface area contributed by atoms with Crippen molar-refractivity contribution in [1.82, 2.24) is 10.2 Å². The van der Waals surface area contributed by atoms with Crippen molar-refractivity contribution in [2.45, 2.75) is 33.4 Å². The highest BCUT2D eigenvalue weighted by atomic mass is 35.5. The van der Waals surface area contributed by atoms with Gasteiger partial charge in [0.1, 0.15) is 12.6 Å². The minimum absolute atomic E-state index is 0.116. The first kappa shape index (κ1) is 27.0. The van der Waals surface area contributed by atoms with Crippen LogP contribution >= 0.6 is 23.2 Å². The molecule has 10 heteroatoms. The molecular formula is C23H29Cl2N3O4S. The lowest BCUT2D eigenvalue weighted by Crippen LogP contribution is -2.51. The van der Waals surface area contributed by atoms with Crippen molar-refractivity contribution in [3.05, 3.63) is 64.1 Å². The molecule has 0 saturated heterocycles. The molecule has 0 aliphatic heterocycles. The number of sulfonamides is 1.